The largest absolute Gasteiger partial charge is 1.00 e. The molecule has 76 heavy (non-hydrogen) atoms. The van der Waals surface area contributed by atoms with Gasteiger partial charge in [0.2, 0.25) is 11.8 Å². The van der Waals surface area contributed by atoms with Gasteiger partial charge in [-0.2, -0.15) is 0 Å². The van der Waals surface area contributed by atoms with Crippen molar-refractivity contribution in [1.29, 1.82) is 0 Å². The summed E-state index contributed by atoms with van der Waals surface area (Å²) in [6.45, 7) is 2.50. The van der Waals surface area contributed by atoms with Crippen LogP contribution in [0.2, 0.25) is 0 Å². The summed E-state index contributed by atoms with van der Waals surface area (Å²) in [6.07, 6.45) is 20.4. The summed E-state index contributed by atoms with van der Waals surface area (Å²) in [4.78, 5) is 95.1. The molecule has 3 unspecified atom stereocenters. The maximum atomic E-state index is 12.7. The molecule has 24 nitrogen and oxygen atoms in total. The second-order valence-electron chi connectivity index (χ2n) is 19.0. The van der Waals surface area contributed by atoms with Crippen molar-refractivity contribution in [3.8, 4) is 0 Å². The molecule has 8 atom stereocenters. The van der Waals surface area contributed by atoms with E-state index in [-0.39, 0.29) is 130 Å². The fraction of sp³-hybridized carbons (Fsp3) is 0.822. The summed E-state index contributed by atoms with van der Waals surface area (Å²) in [5.41, 5.74) is 4.14. The van der Waals surface area contributed by atoms with Crippen molar-refractivity contribution in [2.75, 3.05) is 37.8 Å². The molecular formula is C45H79N7Na3O17P3S. The second kappa shape index (κ2) is 40.7. The van der Waals surface area contributed by atoms with Crippen molar-refractivity contribution in [3.63, 3.8) is 0 Å². The average Bonchev–Trinajstić information content (AvgIpc) is 3.88. The molecule has 0 saturated carbocycles. The first kappa shape index (κ1) is 76.6. The van der Waals surface area contributed by atoms with Gasteiger partial charge in [0.25, 0.3) is 23.5 Å². The standard InChI is InChI=1S/C45H82N7O17P3S.3Na/c1-4-5-6-7-8-9-10-11-12-13-14-15-16-17-18-19-20-21-22-23-24-25-36(54)73-29-28-47-35(53)26-27-48-43(57)40(56)45(2,3)31-66-72(63,64)69-71(61,62)65-30-34-39(68-70(58,59)60)38(55)44(67-34)52-33-51-37-41(46)49-32-50-42(37)52;;;/h32-34,38-40,44,55-56H,4-31H2,1-3H3,(H,47,53)(H,48,57)(H,61,62)(H,63,64)(H2,46,49,50)(H2,58,59,60);;;/q;3*+1/p-3/t34-,38-,39-,40+,44-;;;/m1.../s1. The molecule has 2 amide bonds. The van der Waals surface area contributed by atoms with Crippen molar-refractivity contribution >= 4 is 69.1 Å². The number of carbonyl (C=O) groups is 3. The van der Waals surface area contributed by atoms with Gasteiger partial charge in [-0.15, -0.1) is 0 Å². The molecule has 3 rings (SSSR count). The van der Waals surface area contributed by atoms with Gasteiger partial charge in [-0.3, -0.25) is 32.6 Å². The van der Waals surface area contributed by atoms with Crippen LogP contribution in [-0.2, 0) is 50.7 Å². The number of carbonyl (C=O) groups excluding carboxylic acids is 3. The molecule has 2 aromatic heterocycles. The Hall–Kier alpha value is 0.560. The number of fused-ring (bicyclic) bond motifs is 1. The number of phosphoric acid groups is 3. The smallest absolute Gasteiger partial charge is 0.756 e. The maximum Gasteiger partial charge on any atom is 1.00 e. The average molecular weight is 1180 g/mol. The van der Waals surface area contributed by atoms with Crippen LogP contribution in [-0.4, -0.2) is 108 Å². The molecule has 1 saturated heterocycles. The van der Waals surface area contributed by atoms with Crippen LogP contribution >= 0.6 is 35.2 Å². The molecule has 31 heteroatoms. The Morgan fingerprint density at radius 2 is 1.30 bits per heavy atom. The number of nitrogen functional groups attached to an aromatic ring is 1. The van der Waals surface area contributed by atoms with Gasteiger partial charge in [-0.1, -0.05) is 161 Å². The number of aliphatic hydroxyl groups excluding tert-OH is 2. The van der Waals surface area contributed by atoms with E-state index in [9.17, 15) is 57.9 Å². The molecule has 2 aromatic rings. The molecule has 0 aliphatic carbocycles. The number of aromatic nitrogens is 4. The van der Waals surface area contributed by atoms with Gasteiger partial charge in [-0.05, 0) is 6.42 Å². The van der Waals surface area contributed by atoms with E-state index in [1.54, 1.807) is 0 Å². The molecule has 0 spiro atoms. The number of ether oxygens (including phenoxy) is 1. The molecule has 420 valence electrons. The van der Waals surface area contributed by atoms with Crippen molar-refractivity contribution in [2.24, 2.45) is 5.41 Å². The number of phosphoric ester groups is 3. The fourth-order valence-corrected chi connectivity index (χ4v) is 11.5. The Kier molecular flexibility index (Phi) is 41.0. The Balaban J connectivity index is 0.0000187. The quantitative estimate of drug-likeness (QED) is 0.0213. The van der Waals surface area contributed by atoms with Crippen LogP contribution in [0.4, 0.5) is 5.82 Å². The number of amides is 2. The SMILES string of the molecule is CCCCCCCCCCCCCCCCCCCCCCCC(=O)SCCNC(=O)CCNC(=O)[C@H](O)C(C)(C)COP(=O)([O-])OP(=O)([O-])OC[C@H]1O[C@@H](n2cnc3c(N)ncnc32)[C@H](O)[C@@H]1OP(=O)([O-])O.[Na+].[Na+].[Na+]. The van der Waals surface area contributed by atoms with Gasteiger partial charge >= 0.3 is 88.7 Å². The van der Waals surface area contributed by atoms with E-state index in [1.165, 1.54) is 129 Å². The van der Waals surface area contributed by atoms with Crippen LogP contribution < -0.4 is 120 Å². The van der Waals surface area contributed by atoms with Gasteiger partial charge in [0.15, 0.2) is 22.8 Å². The third-order valence-corrected chi connectivity index (χ3v) is 16.2. The van der Waals surface area contributed by atoms with Crippen LogP contribution in [0, 0.1) is 5.41 Å². The first-order chi connectivity index (χ1) is 34.6. The second-order valence-corrected chi connectivity index (χ2v) is 24.3. The number of nitrogens with two attached hydrogens (primary N) is 1. The number of nitrogens with one attached hydrogen (secondary N) is 2. The summed E-state index contributed by atoms with van der Waals surface area (Å²) in [6, 6.07) is 0. The van der Waals surface area contributed by atoms with Crippen LogP contribution in [0.1, 0.15) is 175 Å². The maximum absolute atomic E-state index is 12.7. The van der Waals surface area contributed by atoms with Gasteiger partial charge in [0.05, 0.1) is 19.5 Å². The van der Waals surface area contributed by atoms with E-state index in [0.29, 0.717) is 12.2 Å². The van der Waals surface area contributed by atoms with Gasteiger partial charge < -0.3 is 64.5 Å². The number of hydrogen-bond acceptors (Lipinski definition) is 21. The number of aliphatic hydroxyl groups is 2. The molecule has 7 N–H and O–H groups in total. The third-order valence-electron chi connectivity index (χ3n) is 12.2. The topological polar surface area (TPSA) is 372 Å². The number of nitrogens with zero attached hydrogens (tertiary/aromatic N) is 4. The molecule has 0 aromatic carbocycles. The summed E-state index contributed by atoms with van der Waals surface area (Å²) >= 11 is 1.15. The number of thioether (sulfide) groups is 1. The Bertz CT molecular complexity index is 2120. The van der Waals surface area contributed by atoms with E-state index in [0.717, 1.165) is 48.2 Å². The minimum atomic E-state index is -5.90. The Morgan fingerprint density at radius 3 is 1.83 bits per heavy atom. The predicted molar refractivity (Wildman–Crippen MR) is 268 cm³/mol. The molecule has 1 aliphatic rings. The molecule has 3 heterocycles. The van der Waals surface area contributed by atoms with Crippen molar-refractivity contribution in [1.82, 2.24) is 30.2 Å². The Morgan fingerprint density at radius 1 is 0.789 bits per heavy atom. The minimum Gasteiger partial charge on any atom is -0.756 e. The molecule has 0 radical (unpaired) electrons. The zero-order valence-corrected chi connectivity index (χ0v) is 55.0. The molecule has 1 fully saturated rings. The van der Waals surface area contributed by atoms with Crippen molar-refractivity contribution in [2.45, 2.75) is 199 Å². The minimum absolute atomic E-state index is 0. The van der Waals surface area contributed by atoms with Crippen LogP contribution in [0.15, 0.2) is 12.7 Å². The third kappa shape index (κ3) is 31.3. The summed E-state index contributed by atoms with van der Waals surface area (Å²) < 4.78 is 61.3. The fourth-order valence-electron chi connectivity index (χ4n) is 8.05. The summed E-state index contributed by atoms with van der Waals surface area (Å²) in [7, 11) is -17.3. The first-order valence-corrected chi connectivity index (χ1v) is 31.0. The molecule has 0 bridgehead atoms. The number of hydrogen-bond donors (Lipinski definition) is 6. The zero-order chi connectivity index (χ0) is 53.9. The predicted octanol–water partition coefficient (Wildman–Crippen LogP) is -3.62. The molecular weight excluding hydrogens is 1100 g/mol. The van der Waals surface area contributed by atoms with Crippen molar-refractivity contribution < 1.29 is 169 Å². The van der Waals surface area contributed by atoms with E-state index < -0.39 is 84.6 Å². The van der Waals surface area contributed by atoms with Gasteiger partial charge in [0.1, 0.15) is 36.3 Å². The van der Waals surface area contributed by atoms with Crippen LogP contribution in [0.5, 0.6) is 0 Å². The number of imidazole rings is 1. The van der Waals surface area contributed by atoms with E-state index in [4.69, 9.17) is 10.5 Å². The summed E-state index contributed by atoms with van der Waals surface area (Å²) in [5, 5.41) is 26.6. The van der Waals surface area contributed by atoms with E-state index in [1.807, 2.05) is 0 Å². The normalized spacial score (nSPS) is 19.3. The van der Waals surface area contributed by atoms with E-state index in [2.05, 4.69) is 50.4 Å². The van der Waals surface area contributed by atoms with Crippen LogP contribution in [0.25, 0.3) is 11.2 Å². The van der Waals surface area contributed by atoms with E-state index >= 15 is 0 Å². The summed E-state index contributed by atoms with van der Waals surface area (Å²) in [5.74, 6) is -1.10. The Labute approximate surface area is 518 Å². The number of unbranched alkanes of at least 4 members (excludes halogenated alkanes) is 20. The van der Waals surface area contributed by atoms with Crippen molar-refractivity contribution in [3.05, 3.63) is 12.7 Å². The van der Waals surface area contributed by atoms with Gasteiger partial charge in [0, 0.05) is 37.1 Å². The van der Waals surface area contributed by atoms with Gasteiger partial charge in [-0.25, -0.2) is 19.3 Å². The first-order valence-electron chi connectivity index (χ1n) is 25.5. The number of rotatable bonds is 41. The monoisotopic (exact) mass is 1180 g/mol. The van der Waals surface area contributed by atoms with Crippen LogP contribution in [0.3, 0.4) is 0 Å². The zero-order valence-electron chi connectivity index (χ0n) is 45.5. The molecule has 1 aliphatic heterocycles. The number of anilines is 1.